The smallest absolute Gasteiger partial charge is 0.326 e. The fourth-order valence-corrected chi connectivity index (χ4v) is 3.87. The van der Waals surface area contributed by atoms with Crippen LogP contribution in [0.2, 0.25) is 0 Å². The zero-order valence-corrected chi connectivity index (χ0v) is 12.1. The number of hydrogen-bond acceptors (Lipinski definition) is 5. The zero-order chi connectivity index (χ0) is 16.0. The van der Waals surface area contributed by atoms with E-state index in [9.17, 15) is 22.8 Å². The first kappa shape index (κ1) is 17.2. The van der Waals surface area contributed by atoms with Crippen molar-refractivity contribution in [3.63, 3.8) is 0 Å². The predicted molar refractivity (Wildman–Crippen MR) is 71.6 cm³/mol. The van der Waals surface area contributed by atoms with Crippen molar-refractivity contribution in [3.8, 4) is 0 Å². The molecule has 4 N–H and O–H groups in total. The molecule has 10 heteroatoms. The molecule has 1 fully saturated rings. The summed E-state index contributed by atoms with van der Waals surface area (Å²) in [4.78, 5) is 32.8. The molecule has 2 atom stereocenters. The SMILES string of the molecule is O=C(O)CC[C@H](NC(=O)NCC1CCS(=O)(=O)C1)C(=O)O. The number of urea groups is 1. The molecular formula is C11H18N2O7S. The van der Waals surface area contributed by atoms with E-state index in [1.807, 2.05) is 0 Å². The second-order valence-electron chi connectivity index (χ2n) is 4.95. The predicted octanol–water partition coefficient (Wildman–Crippen LogP) is -0.962. The standard InChI is InChI=1S/C11H18N2O7S/c14-9(15)2-1-8(10(16)17)13-11(18)12-5-7-3-4-21(19,20)6-7/h7-8H,1-6H2,(H,14,15)(H,16,17)(H2,12,13,18)/t7?,8-/m0/s1. The van der Waals surface area contributed by atoms with Gasteiger partial charge in [0.25, 0.3) is 0 Å². The zero-order valence-electron chi connectivity index (χ0n) is 11.2. The van der Waals surface area contributed by atoms with Gasteiger partial charge in [0, 0.05) is 13.0 Å². The van der Waals surface area contributed by atoms with E-state index in [1.165, 1.54) is 0 Å². The van der Waals surface area contributed by atoms with Crippen molar-refractivity contribution in [1.29, 1.82) is 0 Å². The second-order valence-corrected chi connectivity index (χ2v) is 7.18. The number of aliphatic carboxylic acids is 2. The monoisotopic (exact) mass is 322 g/mol. The summed E-state index contributed by atoms with van der Waals surface area (Å²) in [6.45, 7) is 0.135. The van der Waals surface area contributed by atoms with Crippen LogP contribution in [0.4, 0.5) is 4.79 Å². The summed E-state index contributed by atoms with van der Waals surface area (Å²) in [5.74, 6) is -2.55. The van der Waals surface area contributed by atoms with Crippen LogP contribution in [0.1, 0.15) is 19.3 Å². The van der Waals surface area contributed by atoms with E-state index in [2.05, 4.69) is 10.6 Å². The van der Waals surface area contributed by atoms with Gasteiger partial charge in [-0.2, -0.15) is 0 Å². The molecule has 1 heterocycles. The van der Waals surface area contributed by atoms with E-state index in [-0.39, 0.29) is 36.8 Å². The van der Waals surface area contributed by atoms with Crippen LogP contribution in [0.15, 0.2) is 0 Å². The van der Waals surface area contributed by atoms with Crippen molar-refractivity contribution >= 4 is 27.8 Å². The number of carbonyl (C=O) groups excluding carboxylic acids is 1. The van der Waals surface area contributed by atoms with Gasteiger partial charge in [-0.05, 0) is 18.8 Å². The molecule has 0 aromatic rings. The van der Waals surface area contributed by atoms with Crippen LogP contribution < -0.4 is 10.6 Å². The number of hydrogen-bond donors (Lipinski definition) is 4. The van der Waals surface area contributed by atoms with Crippen LogP contribution in [-0.2, 0) is 19.4 Å². The normalized spacial score (nSPS) is 21.4. The van der Waals surface area contributed by atoms with Crippen molar-refractivity contribution < 1.29 is 33.0 Å². The molecule has 0 bridgehead atoms. The number of carboxylic acids is 2. The molecule has 1 saturated heterocycles. The molecule has 21 heavy (non-hydrogen) atoms. The Hall–Kier alpha value is -1.84. The summed E-state index contributed by atoms with van der Waals surface area (Å²) >= 11 is 0. The highest BCUT2D eigenvalue weighted by Crippen LogP contribution is 2.17. The van der Waals surface area contributed by atoms with Crippen LogP contribution in [0.5, 0.6) is 0 Å². The maximum Gasteiger partial charge on any atom is 0.326 e. The summed E-state index contributed by atoms with van der Waals surface area (Å²) in [7, 11) is -3.03. The molecule has 1 aliphatic rings. The van der Waals surface area contributed by atoms with Gasteiger partial charge in [-0.1, -0.05) is 0 Å². The van der Waals surface area contributed by atoms with Crippen LogP contribution in [0, 0.1) is 5.92 Å². The first-order valence-electron chi connectivity index (χ1n) is 6.39. The molecule has 0 radical (unpaired) electrons. The lowest BCUT2D eigenvalue weighted by Crippen LogP contribution is -2.47. The van der Waals surface area contributed by atoms with Crippen molar-refractivity contribution in [2.45, 2.75) is 25.3 Å². The summed E-state index contributed by atoms with van der Waals surface area (Å²) in [6.07, 6.45) is -0.141. The van der Waals surface area contributed by atoms with Gasteiger partial charge in [0.15, 0.2) is 9.84 Å². The Morgan fingerprint density at radius 1 is 1.24 bits per heavy atom. The lowest BCUT2D eigenvalue weighted by atomic mass is 10.1. The lowest BCUT2D eigenvalue weighted by Gasteiger charge is -2.15. The second kappa shape index (κ2) is 7.25. The quantitative estimate of drug-likeness (QED) is 0.471. The molecule has 1 aliphatic heterocycles. The van der Waals surface area contributed by atoms with Gasteiger partial charge >= 0.3 is 18.0 Å². The van der Waals surface area contributed by atoms with Gasteiger partial charge < -0.3 is 20.8 Å². The summed E-state index contributed by atoms with van der Waals surface area (Å²) in [5, 5.41) is 21.9. The van der Waals surface area contributed by atoms with Crippen LogP contribution in [0.25, 0.3) is 0 Å². The molecule has 1 unspecified atom stereocenters. The topological polar surface area (TPSA) is 150 Å². The molecule has 0 aromatic heterocycles. The third-order valence-corrected chi connectivity index (χ3v) is 4.97. The molecular weight excluding hydrogens is 304 g/mol. The highest BCUT2D eigenvalue weighted by molar-refractivity contribution is 7.91. The van der Waals surface area contributed by atoms with E-state index in [0.29, 0.717) is 6.42 Å². The average molecular weight is 322 g/mol. The van der Waals surface area contributed by atoms with Crippen molar-refractivity contribution in [1.82, 2.24) is 10.6 Å². The number of rotatable bonds is 7. The number of amides is 2. The molecule has 0 saturated carbocycles. The van der Waals surface area contributed by atoms with E-state index < -0.39 is 33.8 Å². The van der Waals surface area contributed by atoms with Gasteiger partial charge in [-0.3, -0.25) is 4.79 Å². The third kappa shape index (κ3) is 6.43. The minimum Gasteiger partial charge on any atom is -0.481 e. The maximum absolute atomic E-state index is 11.5. The van der Waals surface area contributed by atoms with Crippen LogP contribution in [0.3, 0.4) is 0 Å². The molecule has 0 aliphatic carbocycles. The minimum absolute atomic E-state index is 0.00858. The summed E-state index contributed by atoms with van der Waals surface area (Å²) < 4.78 is 22.5. The van der Waals surface area contributed by atoms with E-state index in [1.54, 1.807) is 0 Å². The molecule has 120 valence electrons. The van der Waals surface area contributed by atoms with Crippen LogP contribution in [-0.4, -0.2) is 60.7 Å². The molecule has 0 aromatic carbocycles. The van der Waals surface area contributed by atoms with Crippen LogP contribution >= 0.6 is 0 Å². The molecule has 9 nitrogen and oxygen atoms in total. The first-order chi connectivity index (χ1) is 9.69. The highest BCUT2D eigenvalue weighted by Gasteiger charge is 2.28. The Morgan fingerprint density at radius 3 is 2.38 bits per heavy atom. The Balaban J connectivity index is 2.37. The van der Waals surface area contributed by atoms with Crippen molar-refractivity contribution in [3.05, 3.63) is 0 Å². The van der Waals surface area contributed by atoms with Crippen molar-refractivity contribution in [2.24, 2.45) is 5.92 Å². The number of carbonyl (C=O) groups is 3. The van der Waals surface area contributed by atoms with Gasteiger partial charge in [-0.15, -0.1) is 0 Å². The number of carboxylic acid groups (broad SMARTS) is 2. The minimum atomic E-state index is -3.03. The Labute approximate surface area is 121 Å². The van der Waals surface area contributed by atoms with Gasteiger partial charge in [0.1, 0.15) is 6.04 Å². The van der Waals surface area contributed by atoms with Gasteiger partial charge in [-0.25, -0.2) is 18.0 Å². The number of nitrogens with one attached hydrogen (secondary N) is 2. The van der Waals surface area contributed by atoms with E-state index >= 15 is 0 Å². The number of sulfone groups is 1. The molecule has 2 amide bonds. The first-order valence-corrected chi connectivity index (χ1v) is 8.21. The fourth-order valence-electron chi connectivity index (χ4n) is 2.00. The molecule has 0 spiro atoms. The summed E-state index contributed by atoms with van der Waals surface area (Å²) in [6, 6.07) is -2.05. The largest absolute Gasteiger partial charge is 0.481 e. The summed E-state index contributed by atoms with van der Waals surface area (Å²) in [5.41, 5.74) is 0. The van der Waals surface area contributed by atoms with Crippen molar-refractivity contribution in [2.75, 3.05) is 18.1 Å². The lowest BCUT2D eigenvalue weighted by molar-refractivity contribution is -0.140. The Bertz CT molecular complexity index is 517. The van der Waals surface area contributed by atoms with Gasteiger partial charge in [0.2, 0.25) is 0 Å². The Kier molecular flexibility index (Phi) is 5.94. The maximum atomic E-state index is 11.5. The highest BCUT2D eigenvalue weighted by atomic mass is 32.2. The third-order valence-electron chi connectivity index (χ3n) is 3.13. The van der Waals surface area contributed by atoms with E-state index in [4.69, 9.17) is 10.2 Å². The van der Waals surface area contributed by atoms with E-state index in [0.717, 1.165) is 0 Å². The van der Waals surface area contributed by atoms with Gasteiger partial charge in [0.05, 0.1) is 11.5 Å². The Morgan fingerprint density at radius 2 is 1.90 bits per heavy atom. The fraction of sp³-hybridized carbons (Fsp3) is 0.727. The average Bonchev–Trinajstić information content (AvgIpc) is 2.71. The molecule has 1 rings (SSSR count).